The van der Waals surface area contributed by atoms with Gasteiger partial charge in [0.05, 0.1) is 0 Å². The number of halogens is 2. The molecule has 4 nitrogen and oxygen atoms in total. The van der Waals surface area contributed by atoms with Gasteiger partial charge in [-0.1, -0.05) is 29.3 Å². The normalized spacial score (nSPS) is 10.3. The Balaban J connectivity index is 2.19. The maximum atomic E-state index is 6.01. The Kier molecular flexibility index (Phi) is 3.94. The van der Waals surface area contributed by atoms with Crippen molar-refractivity contribution in [1.29, 1.82) is 0 Å². The van der Waals surface area contributed by atoms with Crippen LogP contribution in [0.2, 0.25) is 10.0 Å². The summed E-state index contributed by atoms with van der Waals surface area (Å²) in [5.74, 6) is 0.318. The smallest absolute Gasteiger partial charge is 0.256 e. The van der Waals surface area contributed by atoms with Crippen LogP contribution in [0.25, 0.3) is 0 Å². The van der Waals surface area contributed by atoms with Crippen molar-refractivity contribution in [3.05, 3.63) is 40.0 Å². The molecule has 0 fully saturated rings. The molecular formula is C11H8BCl2N3O. The zero-order valence-corrected chi connectivity index (χ0v) is 10.7. The summed E-state index contributed by atoms with van der Waals surface area (Å²) in [6.45, 7) is 0.140. The van der Waals surface area contributed by atoms with E-state index in [2.05, 4.69) is 9.97 Å². The lowest BCUT2D eigenvalue weighted by atomic mass is 10.1. The standard InChI is InChI=1S/C11H8BCl2N3O/c12-9-4-16-10(15)11(17-9)18-5-6-7(13)2-1-3-8(6)14/h1-4H,5H2,(H2,15,16). The minimum atomic E-state index is 0.140. The van der Waals surface area contributed by atoms with E-state index in [-0.39, 0.29) is 23.9 Å². The van der Waals surface area contributed by atoms with Crippen LogP contribution in [0.4, 0.5) is 5.82 Å². The molecule has 0 amide bonds. The van der Waals surface area contributed by atoms with Crippen LogP contribution in [0.1, 0.15) is 5.56 Å². The highest BCUT2D eigenvalue weighted by molar-refractivity contribution is 6.35. The fourth-order valence-electron chi connectivity index (χ4n) is 1.31. The van der Waals surface area contributed by atoms with E-state index in [4.69, 9.17) is 41.5 Å². The van der Waals surface area contributed by atoms with Crippen molar-refractivity contribution >= 4 is 42.5 Å². The average Bonchev–Trinajstić information content (AvgIpc) is 2.33. The summed E-state index contributed by atoms with van der Waals surface area (Å²) < 4.78 is 5.42. The van der Waals surface area contributed by atoms with Crippen molar-refractivity contribution in [3.63, 3.8) is 0 Å². The molecule has 0 aliphatic carbocycles. The van der Waals surface area contributed by atoms with Gasteiger partial charge in [0, 0.05) is 27.4 Å². The van der Waals surface area contributed by atoms with E-state index in [1.807, 2.05) is 0 Å². The Hall–Kier alpha value is -1.46. The molecule has 2 rings (SSSR count). The third kappa shape index (κ3) is 2.86. The van der Waals surface area contributed by atoms with Gasteiger partial charge in [-0.05, 0) is 12.1 Å². The monoisotopic (exact) mass is 279 g/mol. The SMILES string of the molecule is [B]c1cnc(N)c(OCc2c(Cl)cccc2Cl)n1. The van der Waals surface area contributed by atoms with Crippen molar-refractivity contribution in [2.45, 2.75) is 6.61 Å². The zero-order chi connectivity index (χ0) is 13.1. The maximum Gasteiger partial charge on any atom is 0.256 e. The van der Waals surface area contributed by atoms with Gasteiger partial charge in [-0.2, -0.15) is 0 Å². The number of aromatic nitrogens is 2. The topological polar surface area (TPSA) is 61.0 Å². The lowest BCUT2D eigenvalue weighted by molar-refractivity contribution is 0.295. The Labute approximate surface area is 116 Å². The molecule has 0 atom stereocenters. The number of benzene rings is 1. The Morgan fingerprint density at radius 3 is 2.61 bits per heavy atom. The lowest BCUT2D eigenvalue weighted by Gasteiger charge is -2.10. The molecule has 0 aliphatic rings. The van der Waals surface area contributed by atoms with Crippen LogP contribution in [-0.2, 0) is 6.61 Å². The molecular weight excluding hydrogens is 272 g/mol. The maximum absolute atomic E-state index is 6.01. The average molecular weight is 280 g/mol. The van der Waals surface area contributed by atoms with E-state index in [1.165, 1.54) is 6.20 Å². The molecule has 2 aromatic rings. The van der Waals surface area contributed by atoms with Crippen LogP contribution in [0.5, 0.6) is 5.88 Å². The minimum absolute atomic E-state index is 0.140. The molecule has 0 aliphatic heterocycles. The van der Waals surface area contributed by atoms with Gasteiger partial charge in [-0.25, -0.2) is 9.97 Å². The van der Waals surface area contributed by atoms with Crippen LogP contribution < -0.4 is 16.1 Å². The summed E-state index contributed by atoms with van der Waals surface area (Å²) >= 11 is 12.0. The highest BCUT2D eigenvalue weighted by Crippen LogP contribution is 2.26. The summed E-state index contributed by atoms with van der Waals surface area (Å²) in [6, 6.07) is 5.20. The van der Waals surface area contributed by atoms with Crippen molar-refractivity contribution in [1.82, 2.24) is 9.97 Å². The van der Waals surface area contributed by atoms with E-state index in [1.54, 1.807) is 18.2 Å². The van der Waals surface area contributed by atoms with Crippen LogP contribution >= 0.6 is 23.2 Å². The van der Waals surface area contributed by atoms with Crippen molar-refractivity contribution in [2.75, 3.05) is 5.73 Å². The summed E-state index contributed by atoms with van der Waals surface area (Å²) in [5.41, 5.74) is 6.49. The van der Waals surface area contributed by atoms with Gasteiger partial charge in [0.25, 0.3) is 5.88 Å². The van der Waals surface area contributed by atoms with Gasteiger partial charge in [-0.15, -0.1) is 0 Å². The number of ether oxygens (including phenoxy) is 1. The van der Waals surface area contributed by atoms with E-state index < -0.39 is 0 Å². The molecule has 0 bridgehead atoms. The molecule has 0 saturated carbocycles. The van der Waals surface area contributed by atoms with Gasteiger partial charge >= 0.3 is 0 Å². The van der Waals surface area contributed by atoms with Gasteiger partial charge in [0.15, 0.2) is 5.82 Å². The van der Waals surface area contributed by atoms with Gasteiger partial charge in [0.1, 0.15) is 14.5 Å². The third-order valence-electron chi connectivity index (χ3n) is 2.20. The Bertz CT molecular complexity index is 560. The molecule has 0 saturated heterocycles. The van der Waals surface area contributed by atoms with Crippen molar-refractivity contribution in [3.8, 4) is 5.88 Å². The van der Waals surface area contributed by atoms with Gasteiger partial charge in [0.2, 0.25) is 0 Å². The molecule has 7 heteroatoms. The number of hydrogen-bond acceptors (Lipinski definition) is 4. The van der Waals surface area contributed by atoms with Crippen LogP contribution in [0.15, 0.2) is 24.4 Å². The summed E-state index contributed by atoms with van der Waals surface area (Å²) in [5, 5.41) is 1.02. The largest absolute Gasteiger partial charge is 0.470 e. The molecule has 0 spiro atoms. The van der Waals surface area contributed by atoms with E-state index in [0.29, 0.717) is 15.6 Å². The molecule has 90 valence electrons. The van der Waals surface area contributed by atoms with Gasteiger partial charge in [-0.3, -0.25) is 0 Å². The molecule has 18 heavy (non-hydrogen) atoms. The first-order valence-corrected chi connectivity index (χ1v) is 5.77. The highest BCUT2D eigenvalue weighted by atomic mass is 35.5. The van der Waals surface area contributed by atoms with Crippen LogP contribution in [0, 0.1) is 0 Å². The third-order valence-corrected chi connectivity index (χ3v) is 2.91. The second kappa shape index (κ2) is 5.46. The van der Waals surface area contributed by atoms with E-state index in [0.717, 1.165) is 0 Å². The molecule has 1 aromatic heterocycles. The Morgan fingerprint density at radius 1 is 1.28 bits per heavy atom. The summed E-state index contributed by atoms with van der Waals surface area (Å²) in [4.78, 5) is 7.76. The summed E-state index contributed by atoms with van der Waals surface area (Å²) in [6.07, 6.45) is 1.35. The summed E-state index contributed by atoms with van der Waals surface area (Å²) in [7, 11) is 5.49. The van der Waals surface area contributed by atoms with Crippen LogP contribution in [-0.4, -0.2) is 17.8 Å². The molecule has 0 unspecified atom stereocenters. The molecule has 1 aromatic carbocycles. The lowest BCUT2D eigenvalue weighted by Crippen LogP contribution is -2.13. The second-order valence-corrected chi connectivity index (χ2v) is 4.29. The van der Waals surface area contributed by atoms with Gasteiger partial charge < -0.3 is 10.5 Å². The van der Waals surface area contributed by atoms with E-state index in [9.17, 15) is 0 Å². The zero-order valence-electron chi connectivity index (χ0n) is 9.23. The fourth-order valence-corrected chi connectivity index (χ4v) is 1.82. The number of nitrogens with zero attached hydrogens (tertiary/aromatic N) is 2. The number of rotatable bonds is 3. The second-order valence-electron chi connectivity index (χ2n) is 3.47. The number of hydrogen-bond donors (Lipinski definition) is 1. The quantitative estimate of drug-likeness (QED) is 0.870. The first-order chi connectivity index (χ1) is 8.58. The first kappa shape index (κ1) is 13.0. The predicted molar refractivity (Wildman–Crippen MR) is 72.6 cm³/mol. The molecule has 2 radical (unpaired) electrons. The van der Waals surface area contributed by atoms with Crippen molar-refractivity contribution < 1.29 is 4.74 Å². The molecule has 2 N–H and O–H groups in total. The number of nitrogens with two attached hydrogens (primary N) is 1. The number of anilines is 1. The van der Waals surface area contributed by atoms with Crippen LogP contribution in [0.3, 0.4) is 0 Å². The highest BCUT2D eigenvalue weighted by Gasteiger charge is 2.09. The van der Waals surface area contributed by atoms with E-state index >= 15 is 0 Å². The predicted octanol–water partition coefficient (Wildman–Crippen LogP) is 1.74. The Morgan fingerprint density at radius 2 is 1.94 bits per heavy atom. The minimum Gasteiger partial charge on any atom is -0.470 e. The molecule has 1 heterocycles. The van der Waals surface area contributed by atoms with Crippen molar-refractivity contribution in [2.24, 2.45) is 0 Å². The fraction of sp³-hybridized carbons (Fsp3) is 0.0909. The number of nitrogen functional groups attached to an aromatic ring is 1. The first-order valence-electron chi connectivity index (χ1n) is 5.01.